The molecule has 6 heteroatoms. The van der Waals surface area contributed by atoms with Crippen LogP contribution in [-0.2, 0) is 0 Å². The fourth-order valence-electron chi connectivity index (χ4n) is 2.70. The van der Waals surface area contributed by atoms with Gasteiger partial charge in [0.2, 0.25) is 0 Å². The van der Waals surface area contributed by atoms with Crippen molar-refractivity contribution in [2.24, 2.45) is 0 Å². The van der Waals surface area contributed by atoms with E-state index in [0.29, 0.717) is 20.7 Å². The van der Waals surface area contributed by atoms with Gasteiger partial charge in [0.25, 0.3) is 11.5 Å². The predicted molar refractivity (Wildman–Crippen MR) is 101 cm³/mol. The van der Waals surface area contributed by atoms with Crippen LogP contribution in [0.3, 0.4) is 0 Å². The molecule has 3 aromatic heterocycles. The molecule has 0 radical (unpaired) electrons. The molecule has 4 aromatic rings. The monoisotopic (exact) mass is 349 g/mol. The highest BCUT2D eigenvalue weighted by Crippen LogP contribution is 2.23. The summed E-state index contributed by atoms with van der Waals surface area (Å²) >= 11 is 1.23. The molecule has 4 rings (SSSR count). The first-order valence-electron chi connectivity index (χ1n) is 7.82. The molecule has 124 valence electrons. The molecule has 0 saturated heterocycles. The van der Waals surface area contributed by atoms with Gasteiger partial charge in [-0.25, -0.2) is 4.98 Å². The van der Waals surface area contributed by atoms with Crippen molar-refractivity contribution in [3.8, 4) is 0 Å². The highest BCUT2D eigenvalue weighted by molar-refractivity contribution is 7.20. The lowest BCUT2D eigenvalue weighted by Crippen LogP contribution is -2.14. The Morgan fingerprint density at radius 1 is 1.16 bits per heavy atom. The van der Waals surface area contributed by atoms with E-state index in [1.54, 1.807) is 12.3 Å². The number of pyridine rings is 1. The molecule has 0 aliphatic carbocycles. The zero-order chi connectivity index (χ0) is 17.6. The molecule has 0 spiro atoms. The highest BCUT2D eigenvalue weighted by atomic mass is 32.1. The van der Waals surface area contributed by atoms with E-state index < -0.39 is 0 Å². The fourth-order valence-corrected chi connectivity index (χ4v) is 3.62. The Bertz CT molecular complexity index is 1170. The van der Waals surface area contributed by atoms with Gasteiger partial charge in [-0.15, -0.1) is 11.3 Å². The number of nitrogens with zero attached hydrogens (tertiary/aromatic N) is 2. The van der Waals surface area contributed by atoms with Gasteiger partial charge in [0, 0.05) is 11.9 Å². The minimum atomic E-state index is -0.239. The van der Waals surface area contributed by atoms with Gasteiger partial charge in [0.05, 0.1) is 10.3 Å². The molecule has 0 bridgehead atoms. The highest BCUT2D eigenvalue weighted by Gasteiger charge is 2.15. The lowest BCUT2D eigenvalue weighted by Gasteiger charge is -2.03. The van der Waals surface area contributed by atoms with Crippen LogP contribution in [0.4, 0.5) is 5.69 Å². The van der Waals surface area contributed by atoms with E-state index in [1.807, 2.05) is 50.2 Å². The predicted octanol–water partition coefficient (Wildman–Crippen LogP) is 3.78. The minimum Gasteiger partial charge on any atom is -0.321 e. The van der Waals surface area contributed by atoms with Crippen molar-refractivity contribution < 1.29 is 4.79 Å². The third kappa shape index (κ3) is 2.70. The van der Waals surface area contributed by atoms with E-state index in [1.165, 1.54) is 15.7 Å². The molecule has 25 heavy (non-hydrogen) atoms. The number of rotatable bonds is 2. The Labute approximate surface area is 147 Å². The summed E-state index contributed by atoms with van der Waals surface area (Å²) in [5.41, 5.74) is 3.22. The Morgan fingerprint density at radius 2 is 1.92 bits per heavy atom. The maximum Gasteiger partial charge on any atom is 0.266 e. The van der Waals surface area contributed by atoms with Crippen molar-refractivity contribution in [2.75, 3.05) is 5.32 Å². The topological polar surface area (TPSA) is 63.5 Å². The normalized spacial score (nSPS) is 11.1. The molecular formula is C19H15N3O2S. The number of carbonyl (C=O) groups is 1. The van der Waals surface area contributed by atoms with E-state index in [4.69, 9.17) is 0 Å². The molecule has 1 aromatic carbocycles. The summed E-state index contributed by atoms with van der Waals surface area (Å²) in [5.74, 6) is -0.239. The number of anilines is 1. The number of carbonyl (C=O) groups excluding carboxylic acids is 1. The van der Waals surface area contributed by atoms with Crippen LogP contribution >= 0.6 is 11.3 Å². The van der Waals surface area contributed by atoms with Crippen LogP contribution in [0.15, 0.2) is 53.5 Å². The summed E-state index contributed by atoms with van der Waals surface area (Å²) in [5, 5.41) is 3.31. The van der Waals surface area contributed by atoms with Crippen LogP contribution in [0, 0.1) is 13.8 Å². The van der Waals surface area contributed by atoms with E-state index >= 15 is 0 Å². The van der Waals surface area contributed by atoms with Crippen molar-refractivity contribution >= 4 is 38.8 Å². The number of thiophene rings is 1. The number of aromatic nitrogens is 2. The Kier molecular flexibility index (Phi) is 3.62. The second-order valence-corrected chi connectivity index (χ2v) is 6.98. The molecule has 3 heterocycles. The molecule has 0 fully saturated rings. The van der Waals surface area contributed by atoms with Gasteiger partial charge < -0.3 is 5.32 Å². The number of aryl methyl sites for hydroxylation is 2. The van der Waals surface area contributed by atoms with Crippen LogP contribution in [0.25, 0.3) is 15.9 Å². The molecule has 1 N–H and O–H groups in total. The van der Waals surface area contributed by atoms with Gasteiger partial charge in [-0.3, -0.25) is 14.0 Å². The summed E-state index contributed by atoms with van der Waals surface area (Å²) < 4.78 is 1.52. The number of hydrogen-bond acceptors (Lipinski definition) is 4. The van der Waals surface area contributed by atoms with Gasteiger partial charge in [0.15, 0.2) is 0 Å². The molecule has 0 unspecified atom stereocenters. The van der Waals surface area contributed by atoms with Crippen LogP contribution in [0.5, 0.6) is 0 Å². The van der Waals surface area contributed by atoms with Crippen molar-refractivity contribution in [2.45, 2.75) is 13.8 Å². The Morgan fingerprint density at radius 3 is 2.68 bits per heavy atom. The third-order valence-electron chi connectivity index (χ3n) is 4.06. The summed E-state index contributed by atoms with van der Waals surface area (Å²) in [6.45, 7) is 3.90. The van der Waals surface area contributed by atoms with Crippen molar-refractivity contribution in [1.29, 1.82) is 0 Å². The van der Waals surface area contributed by atoms with Crippen molar-refractivity contribution in [3.05, 3.63) is 75.0 Å². The average Bonchev–Trinajstić information content (AvgIpc) is 3.03. The largest absolute Gasteiger partial charge is 0.321 e. The van der Waals surface area contributed by atoms with Gasteiger partial charge in [0.1, 0.15) is 10.5 Å². The Hall–Kier alpha value is -2.99. The number of hydrogen-bond donors (Lipinski definition) is 1. The van der Waals surface area contributed by atoms with E-state index in [-0.39, 0.29) is 11.5 Å². The molecule has 0 aliphatic rings. The lowest BCUT2D eigenvalue weighted by atomic mass is 10.2. The van der Waals surface area contributed by atoms with Gasteiger partial charge >= 0.3 is 0 Å². The second-order valence-electron chi connectivity index (χ2n) is 5.95. The summed E-state index contributed by atoms with van der Waals surface area (Å²) in [7, 11) is 0. The summed E-state index contributed by atoms with van der Waals surface area (Å²) in [6.07, 6.45) is 1.70. The molecule has 1 amide bonds. The first-order valence-corrected chi connectivity index (χ1v) is 8.64. The average molecular weight is 349 g/mol. The quantitative estimate of drug-likeness (QED) is 0.599. The first kappa shape index (κ1) is 15.5. The molecule has 0 aliphatic heterocycles. The van der Waals surface area contributed by atoms with E-state index in [0.717, 1.165) is 16.8 Å². The summed E-state index contributed by atoms with van der Waals surface area (Å²) in [4.78, 5) is 30.8. The zero-order valence-electron chi connectivity index (χ0n) is 13.7. The molecule has 0 saturated carbocycles. The van der Waals surface area contributed by atoms with Crippen LogP contribution in [0.1, 0.15) is 20.8 Å². The lowest BCUT2D eigenvalue weighted by molar-refractivity contribution is 0.103. The number of nitrogens with one attached hydrogen (secondary N) is 1. The van der Waals surface area contributed by atoms with Gasteiger partial charge in [-0.1, -0.05) is 23.8 Å². The molecule has 0 atom stereocenters. The van der Waals surface area contributed by atoms with E-state index in [2.05, 4.69) is 10.3 Å². The SMILES string of the molecule is Cc1ccc(NC(=O)c2cc3c(=O)n4cccc(C)c4nc3s2)cc1. The Balaban J connectivity index is 1.78. The fraction of sp³-hybridized carbons (Fsp3) is 0.105. The number of amides is 1. The smallest absolute Gasteiger partial charge is 0.266 e. The van der Waals surface area contributed by atoms with Crippen molar-refractivity contribution in [1.82, 2.24) is 9.38 Å². The van der Waals surface area contributed by atoms with Crippen LogP contribution < -0.4 is 10.9 Å². The standard InChI is InChI=1S/C19H15N3O2S/c1-11-5-7-13(8-6-11)20-17(23)15-10-14-18(25-15)21-16-12(2)4-3-9-22(16)19(14)24/h3-10H,1-2H3,(H,20,23). The van der Waals surface area contributed by atoms with Crippen molar-refractivity contribution in [3.63, 3.8) is 0 Å². The molecule has 5 nitrogen and oxygen atoms in total. The number of benzene rings is 1. The van der Waals surface area contributed by atoms with Gasteiger partial charge in [-0.2, -0.15) is 0 Å². The maximum atomic E-state index is 12.7. The summed E-state index contributed by atoms with van der Waals surface area (Å²) in [6, 6.07) is 12.9. The second kappa shape index (κ2) is 5.82. The molecular weight excluding hydrogens is 334 g/mol. The maximum absolute atomic E-state index is 12.7. The minimum absolute atomic E-state index is 0.158. The third-order valence-corrected chi connectivity index (χ3v) is 5.09. The van der Waals surface area contributed by atoms with Crippen LogP contribution in [0.2, 0.25) is 0 Å². The number of fused-ring (bicyclic) bond motifs is 2. The van der Waals surface area contributed by atoms with Gasteiger partial charge in [-0.05, 0) is 43.7 Å². The first-order chi connectivity index (χ1) is 12.0. The van der Waals surface area contributed by atoms with E-state index in [9.17, 15) is 9.59 Å². The zero-order valence-corrected chi connectivity index (χ0v) is 14.6. The van der Waals surface area contributed by atoms with Crippen LogP contribution in [-0.4, -0.2) is 15.3 Å².